The zero-order chi connectivity index (χ0) is 18.2. The lowest BCUT2D eigenvalue weighted by molar-refractivity contribution is 0.104. The van der Waals surface area contributed by atoms with Gasteiger partial charge in [-0.3, -0.25) is 4.79 Å². The second kappa shape index (κ2) is 9.14. The summed E-state index contributed by atoms with van der Waals surface area (Å²) in [6.07, 6.45) is 3.72. The fourth-order valence-electron chi connectivity index (χ4n) is 2.37. The molecule has 0 aliphatic carbocycles. The number of aryl methyl sites for hydroxylation is 1. The number of phenolic OH excluding ortho intramolecular Hbond substituents is 1. The molecule has 5 heteroatoms. The molecule has 0 bridgehead atoms. The summed E-state index contributed by atoms with van der Waals surface area (Å²) in [5.74, 6) is 1.66. The van der Waals surface area contributed by atoms with Crippen molar-refractivity contribution in [2.45, 2.75) is 13.3 Å². The Bertz CT molecular complexity index is 768. The van der Waals surface area contributed by atoms with Gasteiger partial charge in [-0.1, -0.05) is 12.1 Å². The molecule has 1 N–H and O–H groups in total. The zero-order valence-corrected chi connectivity index (χ0v) is 15.0. The van der Waals surface area contributed by atoms with Crippen LogP contribution in [0.2, 0.25) is 0 Å². The third kappa shape index (κ3) is 5.00. The first-order valence-corrected chi connectivity index (χ1v) is 8.53. The first-order chi connectivity index (χ1) is 12.1. The van der Waals surface area contributed by atoms with E-state index in [2.05, 4.69) is 0 Å². The van der Waals surface area contributed by atoms with Crippen LogP contribution in [0.5, 0.6) is 17.2 Å². The van der Waals surface area contributed by atoms with E-state index in [1.54, 1.807) is 31.4 Å². The Hall–Kier alpha value is -2.46. The van der Waals surface area contributed by atoms with Crippen molar-refractivity contribution in [3.05, 3.63) is 59.2 Å². The van der Waals surface area contributed by atoms with Crippen LogP contribution in [0, 0.1) is 0 Å². The molecule has 132 valence electrons. The van der Waals surface area contributed by atoms with Gasteiger partial charge in [-0.15, -0.1) is 11.6 Å². The van der Waals surface area contributed by atoms with Crippen molar-refractivity contribution in [3.63, 3.8) is 0 Å². The van der Waals surface area contributed by atoms with Gasteiger partial charge in [0.2, 0.25) is 0 Å². The number of allylic oxidation sites excluding steroid dienone is 1. The van der Waals surface area contributed by atoms with E-state index in [0.717, 1.165) is 5.56 Å². The maximum atomic E-state index is 12.4. The van der Waals surface area contributed by atoms with Crippen molar-refractivity contribution in [3.8, 4) is 17.2 Å². The van der Waals surface area contributed by atoms with E-state index < -0.39 is 0 Å². The minimum absolute atomic E-state index is 0.149. The average molecular weight is 361 g/mol. The molecule has 2 aromatic rings. The molecule has 2 aromatic carbocycles. The SMILES string of the molecule is CCOc1cc(C=CC(=O)c2ccc(O)c(CCCl)c2)ccc1OC. The second-order valence-electron chi connectivity index (χ2n) is 5.32. The normalized spacial score (nSPS) is 10.8. The van der Waals surface area contributed by atoms with E-state index in [4.69, 9.17) is 21.1 Å². The topological polar surface area (TPSA) is 55.8 Å². The minimum Gasteiger partial charge on any atom is -0.508 e. The van der Waals surface area contributed by atoms with Crippen LogP contribution >= 0.6 is 11.6 Å². The second-order valence-corrected chi connectivity index (χ2v) is 5.70. The highest BCUT2D eigenvalue weighted by atomic mass is 35.5. The lowest BCUT2D eigenvalue weighted by atomic mass is 10.0. The number of rotatable bonds is 8. The minimum atomic E-state index is -0.149. The molecule has 0 unspecified atom stereocenters. The molecule has 2 rings (SSSR count). The zero-order valence-electron chi connectivity index (χ0n) is 14.3. The molecule has 25 heavy (non-hydrogen) atoms. The summed E-state index contributed by atoms with van der Waals surface area (Å²) in [7, 11) is 1.58. The van der Waals surface area contributed by atoms with Gasteiger partial charge >= 0.3 is 0 Å². The number of ketones is 1. The summed E-state index contributed by atoms with van der Waals surface area (Å²) in [6, 6.07) is 10.3. The predicted molar refractivity (Wildman–Crippen MR) is 100 cm³/mol. The Morgan fingerprint density at radius 1 is 1.20 bits per heavy atom. The summed E-state index contributed by atoms with van der Waals surface area (Å²) in [4.78, 5) is 12.4. The van der Waals surface area contributed by atoms with Gasteiger partial charge in [0.25, 0.3) is 0 Å². The number of phenols is 1. The van der Waals surface area contributed by atoms with Gasteiger partial charge in [0, 0.05) is 11.4 Å². The largest absolute Gasteiger partial charge is 0.508 e. The molecule has 0 aliphatic heterocycles. The Kier molecular flexibility index (Phi) is 6.90. The van der Waals surface area contributed by atoms with Crippen LogP contribution in [0.3, 0.4) is 0 Å². The van der Waals surface area contributed by atoms with Crippen LogP contribution < -0.4 is 9.47 Å². The van der Waals surface area contributed by atoms with Gasteiger partial charge in [0.05, 0.1) is 13.7 Å². The van der Waals surface area contributed by atoms with E-state index in [9.17, 15) is 9.90 Å². The molecule has 0 heterocycles. The highest BCUT2D eigenvalue weighted by Crippen LogP contribution is 2.28. The van der Waals surface area contributed by atoms with Crippen molar-refractivity contribution >= 4 is 23.5 Å². The molecule has 4 nitrogen and oxygen atoms in total. The highest BCUT2D eigenvalue weighted by molar-refractivity contribution is 6.18. The predicted octanol–water partition coefficient (Wildman–Crippen LogP) is 4.48. The molecule has 0 saturated heterocycles. The molecule has 0 saturated carbocycles. The maximum Gasteiger partial charge on any atom is 0.185 e. The molecule has 0 amide bonds. The van der Waals surface area contributed by atoms with Crippen LogP contribution in [-0.2, 0) is 6.42 Å². The average Bonchev–Trinajstić information content (AvgIpc) is 2.62. The van der Waals surface area contributed by atoms with E-state index >= 15 is 0 Å². The number of methoxy groups -OCH3 is 1. The Morgan fingerprint density at radius 3 is 2.68 bits per heavy atom. The molecule has 0 aromatic heterocycles. The fourth-order valence-corrected chi connectivity index (χ4v) is 2.58. The number of benzene rings is 2. The van der Waals surface area contributed by atoms with Gasteiger partial charge in [-0.25, -0.2) is 0 Å². The number of hydrogen-bond acceptors (Lipinski definition) is 4. The van der Waals surface area contributed by atoms with Crippen molar-refractivity contribution in [1.82, 2.24) is 0 Å². The number of ether oxygens (including phenoxy) is 2. The van der Waals surface area contributed by atoms with Crippen molar-refractivity contribution in [2.75, 3.05) is 19.6 Å². The molecular formula is C20H21ClO4. The van der Waals surface area contributed by atoms with Crippen LogP contribution in [0.25, 0.3) is 6.08 Å². The highest BCUT2D eigenvalue weighted by Gasteiger charge is 2.08. The third-order valence-electron chi connectivity index (χ3n) is 3.64. The Balaban J connectivity index is 2.20. The smallest absolute Gasteiger partial charge is 0.185 e. The summed E-state index contributed by atoms with van der Waals surface area (Å²) in [5.41, 5.74) is 2.00. The van der Waals surface area contributed by atoms with E-state index in [1.165, 1.54) is 12.1 Å². The first-order valence-electron chi connectivity index (χ1n) is 8.00. The summed E-state index contributed by atoms with van der Waals surface area (Å²) >= 11 is 5.71. The molecule has 0 radical (unpaired) electrons. The van der Waals surface area contributed by atoms with Gasteiger partial charge < -0.3 is 14.6 Å². The number of carbonyl (C=O) groups excluding carboxylic acids is 1. The molecule has 0 atom stereocenters. The number of hydrogen-bond donors (Lipinski definition) is 1. The molecular weight excluding hydrogens is 340 g/mol. The van der Waals surface area contributed by atoms with Crippen LogP contribution in [0.1, 0.15) is 28.4 Å². The number of carbonyl (C=O) groups is 1. The number of aromatic hydroxyl groups is 1. The monoisotopic (exact) mass is 360 g/mol. The van der Waals surface area contributed by atoms with Crippen LogP contribution in [0.4, 0.5) is 0 Å². The van der Waals surface area contributed by atoms with Gasteiger partial charge in [-0.2, -0.15) is 0 Å². The van der Waals surface area contributed by atoms with Crippen molar-refractivity contribution in [1.29, 1.82) is 0 Å². The lowest BCUT2D eigenvalue weighted by Crippen LogP contribution is -1.97. The summed E-state index contributed by atoms with van der Waals surface area (Å²) in [5, 5.41) is 9.77. The van der Waals surface area contributed by atoms with Gasteiger partial charge in [0.15, 0.2) is 17.3 Å². The molecule has 0 aliphatic rings. The van der Waals surface area contributed by atoms with E-state index in [1.807, 2.05) is 19.1 Å². The Labute approximate surface area is 152 Å². The molecule has 0 fully saturated rings. The first kappa shape index (κ1) is 18.9. The maximum absolute atomic E-state index is 12.4. The van der Waals surface area contributed by atoms with Crippen LogP contribution in [-0.4, -0.2) is 30.5 Å². The quantitative estimate of drug-likeness (QED) is 0.428. The molecule has 0 spiro atoms. The standard InChI is InChI=1S/C20H21ClO4/c1-3-25-20-12-14(5-9-19(20)24-2)4-7-17(22)15-6-8-18(23)16(13-15)10-11-21/h4-9,12-13,23H,3,10-11H2,1-2H3. The summed E-state index contributed by atoms with van der Waals surface area (Å²) in [6.45, 7) is 2.42. The number of halogens is 1. The summed E-state index contributed by atoms with van der Waals surface area (Å²) < 4.78 is 10.8. The van der Waals surface area contributed by atoms with E-state index in [0.29, 0.717) is 41.5 Å². The number of alkyl halides is 1. The Morgan fingerprint density at radius 2 is 2.00 bits per heavy atom. The van der Waals surface area contributed by atoms with Crippen molar-refractivity contribution in [2.24, 2.45) is 0 Å². The van der Waals surface area contributed by atoms with E-state index in [-0.39, 0.29) is 11.5 Å². The van der Waals surface area contributed by atoms with Crippen LogP contribution in [0.15, 0.2) is 42.5 Å². The van der Waals surface area contributed by atoms with Gasteiger partial charge in [-0.05, 0) is 60.9 Å². The lowest BCUT2D eigenvalue weighted by Gasteiger charge is -2.09. The van der Waals surface area contributed by atoms with Crippen molar-refractivity contribution < 1.29 is 19.4 Å². The van der Waals surface area contributed by atoms with Gasteiger partial charge in [0.1, 0.15) is 5.75 Å². The fraction of sp³-hybridized carbons (Fsp3) is 0.250. The third-order valence-corrected chi connectivity index (χ3v) is 3.83.